The van der Waals surface area contributed by atoms with Crippen LogP contribution in [0.4, 0.5) is 0 Å². The smallest absolute Gasteiger partial charge is 0.333 e. The Morgan fingerprint density at radius 1 is 1.48 bits per heavy atom. The van der Waals surface area contributed by atoms with E-state index >= 15 is 0 Å². The number of aliphatic hydroxyl groups excluding tert-OH is 1. The van der Waals surface area contributed by atoms with Crippen molar-refractivity contribution < 1.29 is 19.1 Å². The van der Waals surface area contributed by atoms with Gasteiger partial charge in [-0.25, -0.2) is 4.79 Å². The zero-order valence-corrected chi connectivity index (χ0v) is 14.4. The number of carbonyl (C=O) groups excluding carboxylic acids is 1. The van der Waals surface area contributed by atoms with Crippen LogP contribution >= 0.6 is 0 Å². The van der Waals surface area contributed by atoms with Gasteiger partial charge in [0.25, 0.3) is 0 Å². The van der Waals surface area contributed by atoms with E-state index in [-0.39, 0.29) is 17.3 Å². The van der Waals surface area contributed by atoms with Gasteiger partial charge < -0.3 is 14.3 Å². The molecule has 0 saturated heterocycles. The fourth-order valence-corrected chi connectivity index (χ4v) is 4.42. The lowest BCUT2D eigenvalue weighted by Crippen LogP contribution is -2.62. The fraction of sp³-hybridized carbons (Fsp3) is 0.632. The zero-order valence-electron chi connectivity index (χ0n) is 14.4. The maximum atomic E-state index is 12.3. The topological polar surface area (TPSA) is 59.7 Å². The van der Waals surface area contributed by atoms with E-state index < -0.39 is 11.7 Å². The number of rotatable bonds is 2. The molecule has 4 nitrogen and oxygen atoms in total. The van der Waals surface area contributed by atoms with Crippen LogP contribution in [0.1, 0.15) is 50.5 Å². The van der Waals surface area contributed by atoms with Crippen molar-refractivity contribution in [3.05, 3.63) is 35.3 Å². The van der Waals surface area contributed by atoms with Crippen molar-refractivity contribution in [1.82, 2.24) is 0 Å². The maximum absolute atomic E-state index is 12.3. The molecule has 2 aliphatic carbocycles. The predicted octanol–water partition coefficient (Wildman–Crippen LogP) is 3.34. The van der Waals surface area contributed by atoms with E-state index in [4.69, 9.17) is 9.15 Å². The molecule has 0 amide bonds. The van der Waals surface area contributed by atoms with Crippen LogP contribution in [0.25, 0.3) is 0 Å². The summed E-state index contributed by atoms with van der Waals surface area (Å²) in [6.07, 6.45) is 3.82. The average Bonchev–Trinajstić information content (AvgIpc) is 2.78. The quantitative estimate of drug-likeness (QED) is 0.671. The number of aryl methyl sites for hydroxylation is 1. The molecule has 2 aliphatic rings. The third-order valence-electron chi connectivity index (χ3n) is 6.14. The van der Waals surface area contributed by atoms with Crippen LogP contribution in [-0.4, -0.2) is 22.8 Å². The lowest BCUT2D eigenvalue weighted by atomic mass is 9.52. The summed E-state index contributed by atoms with van der Waals surface area (Å²) in [6, 6.07) is 0. The lowest BCUT2D eigenvalue weighted by molar-refractivity contribution is -0.204. The Hall–Kier alpha value is -1.55. The number of hydrogen-bond donors (Lipinski definition) is 1. The summed E-state index contributed by atoms with van der Waals surface area (Å²) in [4.78, 5) is 12.3. The Kier molecular flexibility index (Phi) is 3.71. The first kappa shape index (κ1) is 16.3. The molecule has 4 unspecified atom stereocenters. The molecule has 0 aliphatic heterocycles. The van der Waals surface area contributed by atoms with Gasteiger partial charge in [-0.05, 0) is 43.7 Å². The minimum absolute atomic E-state index is 0.223. The van der Waals surface area contributed by atoms with E-state index in [0.717, 1.165) is 24.2 Å². The van der Waals surface area contributed by atoms with Crippen molar-refractivity contribution in [3.63, 3.8) is 0 Å². The molecule has 1 aromatic rings. The molecular weight excluding hydrogens is 292 g/mol. The van der Waals surface area contributed by atoms with Gasteiger partial charge in [-0.1, -0.05) is 20.4 Å². The molecule has 126 valence electrons. The second-order valence-corrected chi connectivity index (χ2v) is 7.75. The summed E-state index contributed by atoms with van der Waals surface area (Å²) in [7, 11) is 0. The molecule has 4 heteroatoms. The number of carbonyl (C=O) groups is 1. The Labute approximate surface area is 137 Å². The van der Waals surface area contributed by atoms with Crippen molar-refractivity contribution in [3.8, 4) is 0 Å². The number of ether oxygens (including phenoxy) is 1. The molecular formula is C19H26O4. The van der Waals surface area contributed by atoms with E-state index in [2.05, 4.69) is 27.4 Å². The van der Waals surface area contributed by atoms with E-state index in [0.29, 0.717) is 18.4 Å². The van der Waals surface area contributed by atoms with Gasteiger partial charge in [-0.2, -0.15) is 0 Å². The van der Waals surface area contributed by atoms with Crippen molar-refractivity contribution in [2.75, 3.05) is 0 Å². The van der Waals surface area contributed by atoms with Gasteiger partial charge in [0.05, 0.1) is 12.4 Å². The normalized spacial score (nSPS) is 36.0. The largest absolute Gasteiger partial charge is 0.469 e. The second kappa shape index (κ2) is 5.23. The predicted molar refractivity (Wildman–Crippen MR) is 87.0 cm³/mol. The summed E-state index contributed by atoms with van der Waals surface area (Å²) < 4.78 is 11.7. The van der Waals surface area contributed by atoms with E-state index in [1.165, 1.54) is 5.56 Å². The number of hydrogen-bond acceptors (Lipinski definition) is 4. The Balaban J connectivity index is 2.09. The molecule has 1 aromatic heterocycles. The first-order chi connectivity index (χ1) is 10.7. The van der Waals surface area contributed by atoms with Crippen LogP contribution in [0.15, 0.2) is 22.8 Å². The molecule has 0 spiro atoms. The molecule has 1 heterocycles. The number of furan rings is 1. The highest BCUT2D eigenvalue weighted by Crippen LogP contribution is 2.57. The molecule has 3 rings (SSSR count). The molecule has 1 fully saturated rings. The van der Waals surface area contributed by atoms with Crippen LogP contribution in [0.5, 0.6) is 0 Å². The highest BCUT2D eigenvalue weighted by atomic mass is 16.6. The number of esters is 1. The minimum atomic E-state index is -0.739. The summed E-state index contributed by atoms with van der Waals surface area (Å²) in [5.41, 5.74) is 1.81. The van der Waals surface area contributed by atoms with Gasteiger partial charge in [-0.15, -0.1) is 0 Å². The SMILES string of the molecule is C=C(C)C(=O)OC12Cc3occ(C)c3CC1(C)C(C)CC(O)C2. The van der Waals surface area contributed by atoms with Gasteiger partial charge in [0.2, 0.25) is 0 Å². The zero-order chi connectivity index (χ0) is 17.0. The van der Waals surface area contributed by atoms with Crippen LogP contribution in [-0.2, 0) is 22.4 Å². The van der Waals surface area contributed by atoms with Crippen LogP contribution in [0.2, 0.25) is 0 Å². The van der Waals surface area contributed by atoms with E-state index in [1.807, 2.05) is 0 Å². The molecule has 23 heavy (non-hydrogen) atoms. The molecule has 0 bridgehead atoms. The molecule has 0 aromatic carbocycles. The van der Waals surface area contributed by atoms with Crippen molar-refractivity contribution >= 4 is 5.97 Å². The van der Waals surface area contributed by atoms with Gasteiger partial charge in [-0.3, -0.25) is 0 Å². The van der Waals surface area contributed by atoms with Crippen LogP contribution in [0.3, 0.4) is 0 Å². The molecule has 0 radical (unpaired) electrons. The van der Waals surface area contributed by atoms with Gasteiger partial charge in [0.1, 0.15) is 11.4 Å². The third kappa shape index (κ3) is 2.35. The highest BCUT2D eigenvalue weighted by molar-refractivity contribution is 5.87. The number of fused-ring (bicyclic) bond motifs is 2. The number of aliphatic hydroxyl groups is 1. The van der Waals surface area contributed by atoms with Gasteiger partial charge in [0.15, 0.2) is 0 Å². The fourth-order valence-electron chi connectivity index (χ4n) is 4.42. The second-order valence-electron chi connectivity index (χ2n) is 7.75. The van der Waals surface area contributed by atoms with Crippen molar-refractivity contribution in [2.24, 2.45) is 11.3 Å². The average molecular weight is 318 g/mol. The van der Waals surface area contributed by atoms with E-state index in [1.54, 1.807) is 13.2 Å². The molecule has 1 N–H and O–H groups in total. The van der Waals surface area contributed by atoms with E-state index in [9.17, 15) is 9.90 Å². The van der Waals surface area contributed by atoms with Gasteiger partial charge in [0, 0.05) is 23.8 Å². The maximum Gasteiger partial charge on any atom is 0.333 e. The Morgan fingerprint density at radius 3 is 2.83 bits per heavy atom. The summed E-state index contributed by atoms with van der Waals surface area (Å²) >= 11 is 0. The van der Waals surface area contributed by atoms with Crippen molar-refractivity contribution in [2.45, 2.75) is 65.1 Å². The molecule has 1 saturated carbocycles. The highest BCUT2D eigenvalue weighted by Gasteiger charge is 2.61. The summed E-state index contributed by atoms with van der Waals surface area (Å²) in [6.45, 7) is 11.7. The van der Waals surface area contributed by atoms with Crippen LogP contribution in [0, 0.1) is 18.3 Å². The lowest BCUT2D eigenvalue weighted by Gasteiger charge is -2.57. The first-order valence-corrected chi connectivity index (χ1v) is 8.31. The third-order valence-corrected chi connectivity index (χ3v) is 6.14. The Bertz CT molecular complexity index is 658. The minimum Gasteiger partial charge on any atom is -0.469 e. The summed E-state index contributed by atoms with van der Waals surface area (Å²) in [5.74, 6) is 0.742. The molecule has 4 atom stereocenters. The van der Waals surface area contributed by atoms with Gasteiger partial charge >= 0.3 is 5.97 Å². The Morgan fingerprint density at radius 2 is 2.17 bits per heavy atom. The monoisotopic (exact) mass is 318 g/mol. The first-order valence-electron chi connectivity index (χ1n) is 8.31. The standard InChI is InChI=1S/C19H26O4/c1-11(2)17(21)23-19-7-14(20)6-13(4)18(19,5)8-15-12(3)10-22-16(15)9-19/h10,13-14,20H,1,6-9H2,2-5H3. The van der Waals surface area contributed by atoms with Crippen molar-refractivity contribution in [1.29, 1.82) is 0 Å². The summed E-state index contributed by atoms with van der Waals surface area (Å²) in [5, 5.41) is 10.4. The van der Waals surface area contributed by atoms with Crippen LogP contribution < -0.4 is 0 Å².